The van der Waals surface area contributed by atoms with Crippen molar-refractivity contribution in [3.05, 3.63) is 11.6 Å². The van der Waals surface area contributed by atoms with Gasteiger partial charge < -0.3 is 24.1 Å². The van der Waals surface area contributed by atoms with E-state index in [1.165, 1.54) is 18.4 Å². The van der Waals surface area contributed by atoms with Crippen molar-refractivity contribution in [2.45, 2.75) is 155 Å². The number of allylic oxidation sites excluding steroid dienone is 1. The second-order valence-electron chi connectivity index (χ2n) is 17.0. The van der Waals surface area contributed by atoms with Gasteiger partial charge >= 0.3 is 11.9 Å². The fraction of sp³-hybridized carbons (Fsp3) is 0.895. The molecule has 0 aromatic carbocycles. The lowest BCUT2D eigenvalue weighted by Crippen LogP contribution is -2.54. The predicted molar refractivity (Wildman–Crippen MR) is 169 cm³/mol. The van der Waals surface area contributed by atoms with Gasteiger partial charge in [-0.15, -0.1) is 0 Å². The Morgan fingerprint density at radius 2 is 1.60 bits per heavy atom. The van der Waals surface area contributed by atoms with Gasteiger partial charge in [-0.05, 0) is 118 Å². The van der Waals surface area contributed by atoms with Gasteiger partial charge in [-0.25, -0.2) is 0 Å². The average molecular weight is 627 g/mol. The Morgan fingerprint density at radius 1 is 0.844 bits per heavy atom. The van der Waals surface area contributed by atoms with Gasteiger partial charge in [0.1, 0.15) is 6.10 Å². The molecule has 0 amide bonds. The summed E-state index contributed by atoms with van der Waals surface area (Å²) in [6, 6.07) is 0. The van der Waals surface area contributed by atoms with Crippen LogP contribution in [0.2, 0.25) is 0 Å². The summed E-state index contributed by atoms with van der Waals surface area (Å²) in [6.45, 7) is 11.4. The minimum atomic E-state index is -0.636. The highest BCUT2D eigenvalue weighted by atomic mass is 16.8. The third-order valence-corrected chi connectivity index (χ3v) is 14.7. The lowest BCUT2D eigenvalue weighted by Gasteiger charge is -2.57. The summed E-state index contributed by atoms with van der Waals surface area (Å²) < 4.78 is 24.8. The zero-order valence-electron chi connectivity index (χ0n) is 28.4. The largest absolute Gasteiger partial charge is 0.462 e. The van der Waals surface area contributed by atoms with Crippen LogP contribution < -0.4 is 0 Å². The van der Waals surface area contributed by atoms with Crippen LogP contribution in [0, 0.1) is 58.2 Å². The first-order valence-electron chi connectivity index (χ1n) is 18.6. The van der Waals surface area contributed by atoms with Crippen molar-refractivity contribution in [3.63, 3.8) is 0 Å². The normalized spacial score (nSPS) is 50.5. The SMILES string of the molecule is C[C@H]1[C@H](OC(=O)CCC(=O)O[C@H]2CC[C@H]3[C@@H]4CC=C5C[C@@H](O)CC[C@]5(C)[C@H]4CC[C@]23C)O[C@@H]2O[C@@H](C)CCC3C2[C@H]1CC[C@H]3C. The second kappa shape index (κ2) is 12.2. The van der Waals surface area contributed by atoms with Crippen LogP contribution in [0.4, 0.5) is 0 Å². The number of aliphatic hydroxyl groups excluding tert-OH is 1. The molecule has 45 heavy (non-hydrogen) atoms. The van der Waals surface area contributed by atoms with E-state index >= 15 is 0 Å². The quantitative estimate of drug-likeness (QED) is 0.252. The number of ether oxygens (including phenoxy) is 4. The molecule has 7 rings (SSSR count). The van der Waals surface area contributed by atoms with E-state index in [1.807, 2.05) is 0 Å². The number of carbonyl (C=O) groups is 2. The molecule has 15 atom stereocenters. The minimum Gasteiger partial charge on any atom is -0.462 e. The van der Waals surface area contributed by atoms with Crippen molar-refractivity contribution in [1.29, 1.82) is 0 Å². The zero-order valence-corrected chi connectivity index (χ0v) is 28.4. The van der Waals surface area contributed by atoms with Crippen LogP contribution in [0.3, 0.4) is 0 Å². The molecule has 5 aliphatic carbocycles. The molecule has 6 fully saturated rings. The molecule has 4 saturated carbocycles. The summed E-state index contributed by atoms with van der Waals surface area (Å²) in [5.41, 5.74) is 1.68. The molecule has 7 aliphatic rings. The number of hydrogen-bond acceptors (Lipinski definition) is 7. The van der Waals surface area contributed by atoms with Crippen molar-refractivity contribution in [2.24, 2.45) is 58.2 Å². The highest BCUT2D eigenvalue weighted by molar-refractivity contribution is 5.77. The van der Waals surface area contributed by atoms with E-state index in [4.69, 9.17) is 18.9 Å². The lowest BCUT2D eigenvalue weighted by atomic mass is 9.48. The van der Waals surface area contributed by atoms with Gasteiger partial charge in [-0.2, -0.15) is 0 Å². The molecule has 2 unspecified atom stereocenters. The van der Waals surface area contributed by atoms with Crippen LogP contribution in [0.1, 0.15) is 125 Å². The van der Waals surface area contributed by atoms with E-state index in [-0.39, 0.29) is 60.2 Å². The van der Waals surface area contributed by atoms with Gasteiger partial charge in [0, 0.05) is 17.3 Å². The summed E-state index contributed by atoms with van der Waals surface area (Å²) in [7, 11) is 0. The van der Waals surface area contributed by atoms with E-state index in [1.54, 1.807) is 0 Å². The Balaban J connectivity index is 0.930. The maximum Gasteiger partial charge on any atom is 0.308 e. The molecule has 0 aromatic heterocycles. The van der Waals surface area contributed by atoms with Gasteiger partial charge in [0.25, 0.3) is 0 Å². The Labute approximate surface area is 270 Å². The van der Waals surface area contributed by atoms with Gasteiger partial charge in [0.2, 0.25) is 6.29 Å². The Hall–Kier alpha value is -1.44. The molecule has 1 N–H and O–H groups in total. The van der Waals surface area contributed by atoms with Gasteiger partial charge in [0.15, 0.2) is 6.29 Å². The Bertz CT molecular complexity index is 1170. The monoisotopic (exact) mass is 626 g/mol. The molecule has 2 saturated heterocycles. The van der Waals surface area contributed by atoms with E-state index in [0.717, 1.165) is 64.2 Å². The predicted octanol–water partition coefficient (Wildman–Crippen LogP) is 7.34. The van der Waals surface area contributed by atoms with Crippen LogP contribution >= 0.6 is 0 Å². The molecule has 2 heterocycles. The first-order chi connectivity index (χ1) is 21.5. The fourth-order valence-electron chi connectivity index (χ4n) is 12.0. The second-order valence-corrected chi connectivity index (χ2v) is 17.0. The molecule has 0 bridgehead atoms. The number of esters is 2. The smallest absolute Gasteiger partial charge is 0.308 e. The van der Waals surface area contributed by atoms with E-state index in [0.29, 0.717) is 41.4 Å². The topological polar surface area (TPSA) is 91.3 Å². The summed E-state index contributed by atoms with van der Waals surface area (Å²) >= 11 is 0. The third kappa shape index (κ3) is 5.63. The first-order valence-corrected chi connectivity index (χ1v) is 18.6. The Morgan fingerprint density at radius 3 is 2.40 bits per heavy atom. The fourth-order valence-corrected chi connectivity index (χ4v) is 12.0. The molecule has 2 aliphatic heterocycles. The van der Waals surface area contributed by atoms with Crippen LogP contribution in [-0.2, 0) is 28.5 Å². The highest BCUT2D eigenvalue weighted by Gasteiger charge is 2.60. The van der Waals surface area contributed by atoms with Gasteiger partial charge in [-0.1, -0.05) is 45.8 Å². The van der Waals surface area contributed by atoms with Gasteiger partial charge in [-0.3, -0.25) is 9.59 Å². The van der Waals surface area contributed by atoms with Crippen LogP contribution in [0.5, 0.6) is 0 Å². The molecule has 0 radical (unpaired) electrons. The van der Waals surface area contributed by atoms with Crippen LogP contribution in [0.25, 0.3) is 0 Å². The van der Waals surface area contributed by atoms with E-state index in [2.05, 4.69) is 40.7 Å². The van der Waals surface area contributed by atoms with E-state index < -0.39 is 12.3 Å². The van der Waals surface area contributed by atoms with Crippen molar-refractivity contribution in [3.8, 4) is 0 Å². The third-order valence-electron chi connectivity index (χ3n) is 14.7. The lowest BCUT2D eigenvalue weighted by molar-refractivity contribution is -0.325. The van der Waals surface area contributed by atoms with Crippen molar-refractivity contribution in [1.82, 2.24) is 0 Å². The number of rotatable bonds is 5. The zero-order chi connectivity index (χ0) is 31.7. The Kier molecular flexibility index (Phi) is 8.72. The molecular formula is C38H58O7. The van der Waals surface area contributed by atoms with Crippen molar-refractivity contribution in [2.75, 3.05) is 0 Å². The highest BCUT2D eigenvalue weighted by Crippen LogP contribution is 2.65. The van der Waals surface area contributed by atoms with E-state index in [9.17, 15) is 14.7 Å². The minimum absolute atomic E-state index is 0.0104. The summed E-state index contributed by atoms with van der Waals surface area (Å²) in [6.07, 6.45) is 14.1. The summed E-state index contributed by atoms with van der Waals surface area (Å²) in [5.74, 6) is 3.27. The van der Waals surface area contributed by atoms with Crippen molar-refractivity contribution < 1.29 is 33.6 Å². The number of carbonyl (C=O) groups excluding carboxylic acids is 2. The summed E-state index contributed by atoms with van der Waals surface area (Å²) in [4.78, 5) is 26.2. The van der Waals surface area contributed by atoms with Gasteiger partial charge in [0.05, 0.1) is 25.0 Å². The number of hydrogen-bond donors (Lipinski definition) is 1. The van der Waals surface area contributed by atoms with Crippen LogP contribution in [-0.4, -0.2) is 47.9 Å². The molecular weight excluding hydrogens is 568 g/mol. The molecule has 7 heteroatoms. The maximum atomic E-state index is 13.1. The van der Waals surface area contributed by atoms with Crippen LogP contribution in [0.15, 0.2) is 11.6 Å². The maximum absolute atomic E-state index is 13.1. The summed E-state index contributed by atoms with van der Waals surface area (Å²) in [5, 5.41) is 10.3. The standard InChI is InChI=1S/C38H58O7/c1-21-6-9-27-23(3)35(45-36-34(27)26(21)10-7-22(2)42-36)44-33(41)15-14-32(40)43-31-13-12-29-28-11-8-24-20-25(39)16-18-37(24,4)30(28)17-19-38(29,31)5/h8,21-23,25-31,34-36,39H,6-7,9-20H2,1-5H3/t21-,22+,23-,25+,26?,27+,28+,29+,30+,31+,34?,35-,36+,37+,38+/m1/s1. The molecule has 7 nitrogen and oxygen atoms in total. The number of aliphatic hydroxyl groups is 1. The number of fused-ring (bicyclic) bond motifs is 5. The first kappa shape index (κ1) is 32.1. The average Bonchev–Trinajstić information content (AvgIpc) is 3.23. The van der Waals surface area contributed by atoms with Crippen molar-refractivity contribution >= 4 is 11.9 Å². The molecule has 0 aromatic rings. The molecule has 252 valence electrons. The molecule has 0 spiro atoms.